The van der Waals surface area contributed by atoms with E-state index in [2.05, 4.69) is 48.5 Å². The maximum Gasteiger partial charge on any atom is 0.305 e. The molecule has 0 bridgehead atoms. The lowest BCUT2D eigenvalue weighted by atomic mass is 9.80. The molecule has 1 aromatic carbocycles. The number of hydrogen-bond donors (Lipinski definition) is 1. The zero-order valence-electron chi connectivity index (χ0n) is 26.7. The van der Waals surface area contributed by atoms with E-state index in [4.69, 9.17) is 4.74 Å². The number of phenolic OH excluding ortho intramolecular Hbond substituents is 1. The fourth-order valence-corrected chi connectivity index (χ4v) is 4.69. The summed E-state index contributed by atoms with van der Waals surface area (Å²) >= 11 is 0. The van der Waals surface area contributed by atoms with Gasteiger partial charge in [-0.05, 0) is 28.4 Å². The number of rotatable bonds is 18. The SMILES string of the molecule is CC(C)(C)c1cccc(C(C)(C)C)c1O.CCCCCCCCCCCCCCCCCCOC(=O)CC. The molecule has 0 aliphatic heterocycles. The molecule has 0 aliphatic rings. The third-order valence-corrected chi connectivity index (χ3v) is 7.20. The second-order valence-electron chi connectivity index (χ2n) is 13.1. The third-order valence-electron chi connectivity index (χ3n) is 7.20. The summed E-state index contributed by atoms with van der Waals surface area (Å²) in [6.07, 6.45) is 22.5. The summed E-state index contributed by atoms with van der Waals surface area (Å²) in [5, 5.41) is 10.3. The highest BCUT2D eigenvalue weighted by molar-refractivity contribution is 5.68. The summed E-state index contributed by atoms with van der Waals surface area (Å²) in [4.78, 5) is 10.9. The van der Waals surface area contributed by atoms with Crippen molar-refractivity contribution in [1.82, 2.24) is 0 Å². The van der Waals surface area contributed by atoms with E-state index in [9.17, 15) is 9.90 Å². The van der Waals surface area contributed by atoms with Crippen molar-refractivity contribution < 1.29 is 14.6 Å². The molecule has 0 amide bonds. The fraction of sp³-hybridized carbons (Fsp3) is 0.800. The van der Waals surface area contributed by atoms with Gasteiger partial charge in [-0.2, -0.15) is 0 Å². The molecule has 1 rings (SSSR count). The third kappa shape index (κ3) is 18.7. The highest BCUT2D eigenvalue weighted by Gasteiger charge is 2.24. The molecule has 0 aromatic heterocycles. The molecule has 0 atom stereocenters. The Hall–Kier alpha value is -1.51. The first-order valence-electron chi connectivity index (χ1n) is 15.9. The summed E-state index contributed by atoms with van der Waals surface area (Å²) in [5.41, 5.74) is 2.03. The maximum absolute atomic E-state index is 10.9. The number of ether oxygens (including phenoxy) is 1. The van der Waals surface area contributed by atoms with Crippen LogP contribution in [-0.2, 0) is 20.4 Å². The summed E-state index contributed by atoms with van der Waals surface area (Å²) in [6.45, 7) is 17.5. The molecule has 0 saturated carbocycles. The van der Waals surface area contributed by atoms with E-state index < -0.39 is 0 Å². The van der Waals surface area contributed by atoms with E-state index in [1.807, 2.05) is 25.1 Å². The van der Waals surface area contributed by atoms with Crippen molar-refractivity contribution in [3.8, 4) is 5.75 Å². The van der Waals surface area contributed by atoms with Gasteiger partial charge in [-0.25, -0.2) is 0 Å². The van der Waals surface area contributed by atoms with Gasteiger partial charge in [0.2, 0.25) is 0 Å². The van der Waals surface area contributed by atoms with Crippen molar-refractivity contribution >= 4 is 5.97 Å². The standard InChI is InChI=1S/C21H42O2.C14H22O/c1-3-5-6-7-8-9-10-11-12-13-14-15-16-17-18-19-20-23-21(22)4-2;1-13(2,3)10-8-7-9-11(12(10)15)14(4,5)6/h3-20H2,1-2H3;7-9,15H,1-6H3. The molecular weight excluding hydrogens is 468 g/mol. The van der Waals surface area contributed by atoms with Crippen molar-refractivity contribution in [2.75, 3.05) is 6.61 Å². The summed E-state index contributed by atoms with van der Waals surface area (Å²) in [7, 11) is 0. The first-order chi connectivity index (χ1) is 17.9. The lowest BCUT2D eigenvalue weighted by Gasteiger charge is -2.26. The zero-order valence-corrected chi connectivity index (χ0v) is 26.7. The van der Waals surface area contributed by atoms with Crippen molar-refractivity contribution in [2.45, 2.75) is 175 Å². The van der Waals surface area contributed by atoms with Crippen molar-refractivity contribution in [3.63, 3.8) is 0 Å². The molecule has 0 heterocycles. The van der Waals surface area contributed by atoms with Crippen LogP contribution in [0.25, 0.3) is 0 Å². The number of carbonyl (C=O) groups excluding carboxylic acids is 1. The molecule has 0 fully saturated rings. The maximum atomic E-state index is 10.9. The number of benzene rings is 1. The van der Waals surface area contributed by atoms with Gasteiger partial charge in [0.25, 0.3) is 0 Å². The van der Waals surface area contributed by atoms with Crippen molar-refractivity contribution in [2.24, 2.45) is 0 Å². The topological polar surface area (TPSA) is 46.5 Å². The van der Waals surface area contributed by atoms with E-state index >= 15 is 0 Å². The first kappa shape index (κ1) is 36.5. The van der Waals surface area contributed by atoms with E-state index in [1.165, 1.54) is 96.3 Å². The molecule has 222 valence electrons. The van der Waals surface area contributed by atoms with E-state index in [-0.39, 0.29) is 16.8 Å². The van der Waals surface area contributed by atoms with Gasteiger partial charge in [0.05, 0.1) is 6.61 Å². The van der Waals surface area contributed by atoms with Crippen LogP contribution in [0.4, 0.5) is 0 Å². The molecule has 0 saturated heterocycles. The minimum Gasteiger partial charge on any atom is -0.507 e. The Kier molecular flexibility index (Phi) is 20.5. The number of aromatic hydroxyl groups is 1. The Bertz CT molecular complexity index is 677. The van der Waals surface area contributed by atoms with Gasteiger partial charge in [-0.1, -0.05) is 170 Å². The average molecular weight is 533 g/mol. The van der Waals surface area contributed by atoms with Gasteiger partial charge in [0.1, 0.15) is 5.75 Å². The first-order valence-corrected chi connectivity index (χ1v) is 15.9. The molecule has 0 radical (unpaired) electrons. The minimum absolute atomic E-state index is 0.00859. The van der Waals surface area contributed by atoms with Crippen LogP contribution < -0.4 is 0 Å². The highest BCUT2D eigenvalue weighted by atomic mass is 16.5. The fourth-order valence-electron chi connectivity index (χ4n) is 4.69. The Morgan fingerprint density at radius 3 is 1.29 bits per heavy atom. The number of unbranched alkanes of at least 4 members (excludes halogenated alkanes) is 15. The van der Waals surface area contributed by atoms with E-state index in [0.717, 1.165) is 17.5 Å². The Labute approximate surface area is 237 Å². The van der Waals surface area contributed by atoms with E-state index in [1.54, 1.807) is 0 Å². The molecule has 0 aliphatic carbocycles. The molecule has 38 heavy (non-hydrogen) atoms. The minimum atomic E-state index is -0.0639. The molecular formula is C35H64O3. The number of carbonyl (C=O) groups is 1. The van der Waals surface area contributed by atoms with Crippen LogP contribution in [0.15, 0.2) is 18.2 Å². The lowest BCUT2D eigenvalue weighted by molar-refractivity contribution is -0.143. The van der Waals surface area contributed by atoms with Crippen LogP contribution in [-0.4, -0.2) is 17.7 Å². The number of esters is 1. The Morgan fingerprint density at radius 1 is 0.632 bits per heavy atom. The Balaban J connectivity index is 0.000000784. The Morgan fingerprint density at radius 2 is 0.974 bits per heavy atom. The zero-order chi connectivity index (χ0) is 28.9. The van der Waals surface area contributed by atoms with Gasteiger partial charge in [0, 0.05) is 6.42 Å². The van der Waals surface area contributed by atoms with Gasteiger partial charge in [-0.3, -0.25) is 4.79 Å². The second-order valence-corrected chi connectivity index (χ2v) is 13.1. The number of phenols is 1. The molecule has 0 spiro atoms. The highest BCUT2D eigenvalue weighted by Crippen LogP contribution is 2.38. The van der Waals surface area contributed by atoms with Crippen molar-refractivity contribution in [1.29, 1.82) is 0 Å². The normalized spacial score (nSPS) is 11.7. The van der Waals surface area contributed by atoms with Crippen molar-refractivity contribution in [3.05, 3.63) is 29.3 Å². The predicted octanol–water partition coefficient (Wildman–Crippen LogP) is 11.2. The smallest absolute Gasteiger partial charge is 0.305 e. The molecule has 3 heteroatoms. The van der Waals surface area contributed by atoms with Crippen LogP contribution in [0.1, 0.15) is 176 Å². The molecule has 3 nitrogen and oxygen atoms in total. The number of para-hydroxylation sites is 1. The van der Waals surface area contributed by atoms with Crippen LogP contribution in [0.5, 0.6) is 5.75 Å². The second kappa shape index (κ2) is 21.3. The van der Waals surface area contributed by atoms with Gasteiger partial charge in [-0.15, -0.1) is 0 Å². The molecule has 1 N–H and O–H groups in total. The predicted molar refractivity (Wildman–Crippen MR) is 166 cm³/mol. The van der Waals surface area contributed by atoms with Crippen LogP contribution in [0, 0.1) is 0 Å². The van der Waals surface area contributed by atoms with E-state index in [0.29, 0.717) is 18.8 Å². The molecule has 1 aromatic rings. The summed E-state index contributed by atoms with van der Waals surface area (Å²) in [6, 6.07) is 6.04. The van der Waals surface area contributed by atoms with Gasteiger partial charge < -0.3 is 9.84 Å². The van der Waals surface area contributed by atoms with Gasteiger partial charge >= 0.3 is 5.97 Å². The quantitative estimate of drug-likeness (QED) is 0.151. The lowest BCUT2D eigenvalue weighted by Crippen LogP contribution is -2.16. The largest absolute Gasteiger partial charge is 0.507 e. The van der Waals surface area contributed by atoms with Crippen LogP contribution in [0.2, 0.25) is 0 Å². The summed E-state index contributed by atoms with van der Waals surface area (Å²) in [5.74, 6) is 0.392. The monoisotopic (exact) mass is 532 g/mol. The van der Waals surface area contributed by atoms with Crippen LogP contribution >= 0.6 is 0 Å². The number of hydrogen-bond acceptors (Lipinski definition) is 3. The molecule has 0 unspecified atom stereocenters. The van der Waals surface area contributed by atoms with Crippen LogP contribution in [0.3, 0.4) is 0 Å². The summed E-state index contributed by atoms with van der Waals surface area (Å²) < 4.78 is 5.07. The average Bonchev–Trinajstić information content (AvgIpc) is 2.84. The van der Waals surface area contributed by atoms with Gasteiger partial charge in [0.15, 0.2) is 0 Å².